The number of benzene rings is 1. The summed E-state index contributed by atoms with van der Waals surface area (Å²) >= 11 is 11.6. The van der Waals surface area contributed by atoms with E-state index in [9.17, 15) is 4.39 Å². The van der Waals surface area contributed by atoms with E-state index in [4.69, 9.17) is 23.2 Å². The van der Waals surface area contributed by atoms with E-state index in [-0.39, 0.29) is 23.5 Å². The average molecular weight is 271 g/mol. The molecule has 1 heterocycles. The quantitative estimate of drug-likeness (QED) is 0.761. The Hall–Kier alpha value is -0.0200. The van der Waals surface area contributed by atoms with E-state index >= 15 is 0 Å². The number of nitrogens with one attached hydrogen (secondary N) is 1. The summed E-state index contributed by atoms with van der Waals surface area (Å²) in [5, 5.41) is 3.79. The zero-order valence-corrected chi connectivity index (χ0v) is 10.2. The van der Waals surface area contributed by atoms with Crippen molar-refractivity contribution in [2.75, 3.05) is 6.54 Å². The molecule has 1 saturated heterocycles. The predicted octanol–water partition coefficient (Wildman–Crippen LogP) is 3.98. The Morgan fingerprint density at radius 1 is 1.27 bits per heavy atom. The van der Waals surface area contributed by atoms with E-state index in [2.05, 4.69) is 5.32 Å². The van der Waals surface area contributed by atoms with Crippen molar-refractivity contribution in [3.05, 3.63) is 33.6 Å². The smallest absolute Gasteiger partial charge is 0.148 e. The highest BCUT2D eigenvalue weighted by Crippen LogP contribution is 2.34. The molecule has 2 rings (SSSR count). The highest BCUT2D eigenvalue weighted by molar-refractivity contribution is 6.33. The van der Waals surface area contributed by atoms with Crippen molar-refractivity contribution in [3.8, 4) is 0 Å². The van der Waals surface area contributed by atoms with E-state index in [0.29, 0.717) is 10.6 Å². The molecular formula is C10H11Cl3FN. The second kappa shape index (κ2) is 5.35. The normalized spacial score (nSPS) is 20.1. The third-order valence-corrected chi connectivity index (χ3v) is 3.11. The molecule has 0 bridgehead atoms. The van der Waals surface area contributed by atoms with Crippen LogP contribution in [0.4, 0.5) is 4.39 Å². The molecule has 0 aliphatic carbocycles. The molecule has 1 N–H and O–H groups in total. The van der Waals surface area contributed by atoms with Crippen molar-refractivity contribution in [2.24, 2.45) is 0 Å². The van der Waals surface area contributed by atoms with Crippen molar-refractivity contribution in [1.82, 2.24) is 5.32 Å². The van der Waals surface area contributed by atoms with Gasteiger partial charge in [-0.2, -0.15) is 0 Å². The van der Waals surface area contributed by atoms with Crippen LogP contribution in [-0.2, 0) is 0 Å². The molecule has 1 atom stereocenters. The largest absolute Gasteiger partial charge is 0.310 e. The maximum atomic E-state index is 13.7. The van der Waals surface area contributed by atoms with Gasteiger partial charge >= 0.3 is 0 Å². The van der Waals surface area contributed by atoms with E-state index in [1.54, 1.807) is 6.07 Å². The monoisotopic (exact) mass is 269 g/mol. The minimum Gasteiger partial charge on any atom is -0.310 e. The molecule has 1 aromatic rings. The van der Waals surface area contributed by atoms with Crippen LogP contribution in [0.25, 0.3) is 0 Å². The minimum absolute atomic E-state index is 0. The second-order valence-electron chi connectivity index (χ2n) is 3.41. The van der Waals surface area contributed by atoms with Gasteiger partial charge in [0.05, 0.1) is 5.02 Å². The first kappa shape index (κ1) is 13.0. The highest BCUT2D eigenvalue weighted by atomic mass is 35.5. The first-order valence-corrected chi connectivity index (χ1v) is 5.32. The number of hydrogen-bond donors (Lipinski definition) is 1. The lowest BCUT2D eigenvalue weighted by atomic mass is 10.0. The summed E-state index contributed by atoms with van der Waals surface area (Å²) in [6.45, 7) is 0.910. The van der Waals surface area contributed by atoms with Crippen LogP contribution in [0.2, 0.25) is 10.0 Å². The van der Waals surface area contributed by atoms with Crippen LogP contribution in [0, 0.1) is 5.82 Å². The Bertz CT molecular complexity index is 351. The fourth-order valence-corrected chi connectivity index (χ4v) is 2.24. The standard InChI is InChI=1S/C10H10Cl2FN.ClH/c11-6-3-4-7(12)10(13)9(6)8-2-1-5-14-8;/h3-4,8,14H,1-2,5H2;1H/t8-;/m0./s1. The van der Waals surface area contributed by atoms with Crippen molar-refractivity contribution < 1.29 is 4.39 Å². The maximum Gasteiger partial charge on any atom is 0.148 e. The Kier molecular flexibility index (Phi) is 4.65. The third-order valence-electron chi connectivity index (χ3n) is 2.49. The van der Waals surface area contributed by atoms with E-state index in [0.717, 1.165) is 19.4 Å². The van der Waals surface area contributed by atoms with Gasteiger partial charge in [0, 0.05) is 16.6 Å². The van der Waals surface area contributed by atoms with Gasteiger partial charge in [-0.15, -0.1) is 12.4 Å². The molecule has 15 heavy (non-hydrogen) atoms. The van der Waals surface area contributed by atoms with E-state index in [1.807, 2.05) is 0 Å². The van der Waals surface area contributed by atoms with Gasteiger partial charge in [-0.3, -0.25) is 0 Å². The first-order valence-electron chi connectivity index (χ1n) is 4.57. The Labute approximate surface area is 104 Å². The summed E-state index contributed by atoms with van der Waals surface area (Å²) in [6.07, 6.45) is 1.96. The molecule has 0 radical (unpaired) electrons. The number of hydrogen-bond acceptors (Lipinski definition) is 1. The zero-order chi connectivity index (χ0) is 10.1. The Morgan fingerprint density at radius 3 is 2.53 bits per heavy atom. The summed E-state index contributed by atoms with van der Waals surface area (Å²) in [6, 6.07) is 3.14. The van der Waals surface area contributed by atoms with E-state index in [1.165, 1.54) is 6.07 Å². The Balaban J connectivity index is 0.00000112. The summed E-state index contributed by atoms with van der Waals surface area (Å²) in [7, 11) is 0. The minimum atomic E-state index is -0.390. The van der Waals surface area contributed by atoms with Crippen LogP contribution in [0.5, 0.6) is 0 Å². The van der Waals surface area contributed by atoms with Crippen molar-refractivity contribution in [2.45, 2.75) is 18.9 Å². The predicted molar refractivity (Wildman–Crippen MR) is 63.6 cm³/mol. The van der Waals surface area contributed by atoms with Crippen LogP contribution < -0.4 is 5.32 Å². The van der Waals surface area contributed by atoms with Gasteiger partial charge in [0.2, 0.25) is 0 Å². The maximum absolute atomic E-state index is 13.7. The first-order chi connectivity index (χ1) is 6.70. The van der Waals surface area contributed by atoms with Crippen molar-refractivity contribution in [1.29, 1.82) is 0 Å². The molecule has 0 unspecified atom stereocenters. The van der Waals surface area contributed by atoms with Crippen LogP contribution in [0.3, 0.4) is 0 Å². The third kappa shape index (κ3) is 2.56. The fourth-order valence-electron chi connectivity index (χ4n) is 1.79. The lowest BCUT2D eigenvalue weighted by Gasteiger charge is -2.14. The molecular weight excluding hydrogens is 259 g/mol. The molecule has 84 valence electrons. The summed E-state index contributed by atoms with van der Waals surface area (Å²) in [4.78, 5) is 0. The molecule has 0 spiro atoms. The molecule has 1 nitrogen and oxygen atoms in total. The SMILES string of the molecule is Cl.Fc1c(Cl)ccc(Cl)c1[C@@H]1CCCN1. The van der Waals surface area contributed by atoms with Gasteiger partial charge in [-0.25, -0.2) is 4.39 Å². The van der Waals surface area contributed by atoms with Gasteiger partial charge in [-0.1, -0.05) is 23.2 Å². The summed E-state index contributed by atoms with van der Waals surface area (Å²) in [5.41, 5.74) is 0.511. The van der Waals surface area contributed by atoms with Crippen molar-refractivity contribution in [3.63, 3.8) is 0 Å². The molecule has 5 heteroatoms. The number of halogens is 4. The fraction of sp³-hybridized carbons (Fsp3) is 0.400. The van der Waals surface area contributed by atoms with Crippen LogP contribution in [-0.4, -0.2) is 6.54 Å². The summed E-state index contributed by atoms with van der Waals surface area (Å²) < 4.78 is 13.7. The second-order valence-corrected chi connectivity index (χ2v) is 4.22. The zero-order valence-electron chi connectivity index (χ0n) is 7.90. The van der Waals surface area contributed by atoms with Crippen LogP contribution in [0.1, 0.15) is 24.4 Å². The van der Waals surface area contributed by atoms with Crippen LogP contribution >= 0.6 is 35.6 Å². The Morgan fingerprint density at radius 2 is 1.93 bits per heavy atom. The van der Waals surface area contributed by atoms with Gasteiger partial charge in [0.15, 0.2) is 0 Å². The van der Waals surface area contributed by atoms with Gasteiger partial charge in [0.25, 0.3) is 0 Å². The molecule has 0 saturated carbocycles. The van der Waals surface area contributed by atoms with Crippen molar-refractivity contribution >= 4 is 35.6 Å². The summed E-state index contributed by atoms with van der Waals surface area (Å²) in [5.74, 6) is -0.390. The average Bonchev–Trinajstić information content (AvgIpc) is 2.65. The van der Waals surface area contributed by atoms with Gasteiger partial charge in [-0.05, 0) is 31.5 Å². The number of rotatable bonds is 1. The molecule has 1 aliphatic heterocycles. The van der Waals surface area contributed by atoms with E-state index < -0.39 is 5.82 Å². The molecule has 0 amide bonds. The molecule has 1 aromatic carbocycles. The van der Waals surface area contributed by atoms with Gasteiger partial charge < -0.3 is 5.32 Å². The van der Waals surface area contributed by atoms with Crippen LogP contribution in [0.15, 0.2) is 12.1 Å². The molecule has 1 fully saturated rings. The molecule has 1 aliphatic rings. The lowest BCUT2D eigenvalue weighted by Crippen LogP contribution is -2.15. The van der Waals surface area contributed by atoms with Gasteiger partial charge in [0.1, 0.15) is 5.82 Å². The highest BCUT2D eigenvalue weighted by Gasteiger charge is 2.23. The topological polar surface area (TPSA) is 12.0 Å². The lowest BCUT2D eigenvalue weighted by molar-refractivity contribution is 0.559. The molecule has 0 aromatic heterocycles.